The molecule has 3 rings (SSSR count). The van der Waals surface area contributed by atoms with Crippen molar-refractivity contribution in [3.63, 3.8) is 0 Å². The van der Waals surface area contributed by atoms with Crippen LogP contribution in [0.2, 0.25) is 5.02 Å². The van der Waals surface area contributed by atoms with E-state index in [1.165, 1.54) is 27.8 Å². The van der Waals surface area contributed by atoms with Gasteiger partial charge in [0.2, 0.25) is 0 Å². The van der Waals surface area contributed by atoms with Crippen LogP contribution < -0.4 is 15.0 Å². The van der Waals surface area contributed by atoms with Crippen LogP contribution in [0.15, 0.2) is 58.3 Å². The van der Waals surface area contributed by atoms with Crippen LogP contribution in [-0.4, -0.2) is 37.9 Å². The fraction of sp³-hybridized carbons (Fsp3) is 0.286. The maximum atomic E-state index is 14.5. The zero-order chi connectivity index (χ0) is 23.0. The average molecular weight is 499 g/mol. The zero-order valence-electron chi connectivity index (χ0n) is 17.4. The summed E-state index contributed by atoms with van der Waals surface area (Å²) in [5.41, 5.74) is 5.45. The van der Waals surface area contributed by atoms with Crippen molar-refractivity contribution in [1.82, 2.24) is 15.4 Å². The molecule has 0 spiro atoms. The maximum Gasteiger partial charge on any atom is 0.266 e. The molecule has 0 aliphatic heterocycles. The molecule has 1 heterocycles. The predicted molar refractivity (Wildman–Crippen MR) is 125 cm³/mol. The number of nitrogens with one attached hydrogen (secondary N) is 2. The van der Waals surface area contributed by atoms with E-state index in [0.717, 1.165) is 31.6 Å². The number of thiazole rings is 1. The molecule has 3 aromatic rings. The molecule has 0 unspecified atom stereocenters. The van der Waals surface area contributed by atoms with Crippen molar-refractivity contribution < 1.29 is 17.6 Å². The van der Waals surface area contributed by atoms with E-state index >= 15 is 0 Å². The van der Waals surface area contributed by atoms with Gasteiger partial charge in [-0.3, -0.25) is 9.62 Å². The molecule has 11 heteroatoms. The van der Waals surface area contributed by atoms with Gasteiger partial charge in [0.1, 0.15) is 10.7 Å². The monoisotopic (exact) mass is 498 g/mol. The van der Waals surface area contributed by atoms with Gasteiger partial charge >= 0.3 is 0 Å². The van der Waals surface area contributed by atoms with E-state index in [1.54, 1.807) is 0 Å². The molecule has 172 valence electrons. The SMILES string of the molecule is CCCN(CCNOc1cc(F)c(S(=O)(=O)Nc2cscn2)cc1Cl)Cc1ccccc1. The molecule has 7 nitrogen and oxygen atoms in total. The molecule has 0 saturated carbocycles. The fourth-order valence-corrected chi connectivity index (χ4v) is 4.92. The van der Waals surface area contributed by atoms with Crippen LogP contribution in [0, 0.1) is 5.82 Å². The quantitative estimate of drug-likeness (QED) is 0.282. The van der Waals surface area contributed by atoms with Gasteiger partial charge in [-0.05, 0) is 24.6 Å². The molecule has 2 aromatic carbocycles. The highest BCUT2D eigenvalue weighted by Gasteiger charge is 2.23. The first-order valence-electron chi connectivity index (χ1n) is 9.95. The lowest BCUT2D eigenvalue weighted by Gasteiger charge is -2.22. The average Bonchev–Trinajstić information content (AvgIpc) is 3.26. The Balaban J connectivity index is 1.57. The number of sulfonamides is 1. The summed E-state index contributed by atoms with van der Waals surface area (Å²) < 4.78 is 41.6. The van der Waals surface area contributed by atoms with Gasteiger partial charge in [0.05, 0.1) is 10.5 Å². The van der Waals surface area contributed by atoms with Crippen molar-refractivity contribution in [3.05, 3.63) is 69.8 Å². The van der Waals surface area contributed by atoms with E-state index in [2.05, 4.69) is 39.1 Å². The zero-order valence-corrected chi connectivity index (χ0v) is 19.8. The Bertz CT molecular complexity index is 1100. The van der Waals surface area contributed by atoms with E-state index < -0.39 is 20.7 Å². The van der Waals surface area contributed by atoms with Crippen LogP contribution in [-0.2, 0) is 16.6 Å². The molecule has 32 heavy (non-hydrogen) atoms. The second-order valence-electron chi connectivity index (χ2n) is 6.95. The lowest BCUT2D eigenvalue weighted by molar-refractivity contribution is 0.167. The molecule has 0 saturated heterocycles. The Morgan fingerprint density at radius 3 is 2.69 bits per heavy atom. The van der Waals surface area contributed by atoms with E-state index in [-0.39, 0.29) is 16.6 Å². The Kier molecular flexibility index (Phi) is 8.83. The molecule has 0 aliphatic carbocycles. The normalized spacial score (nSPS) is 11.6. The smallest absolute Gasteiger partial charge is 0.266 e. The molecule has 0 aliphatic rings. The number of hydrogen-bond donors (Lipinski definition) is 2. The highest BCUT2D eigenvalue weighted by atomic mass is 35.5. The second kappa shape index (κ2) is 11.6. The minimum absolute atomic E-state index is 0.00174. The summed E-state index contributed by atoms with van der Waals surface area (Å²) in [6.07, 6.45) is 1.01. The topological polar surface area (TPSA) is 83.6 Å². The Hall–Kier alpha value is -2.24. The van der Waals surface area contributed by atoms with Crippen molar-refractivity contribution >= 4 is 38.8 Å². The van der Waals surface area contributed by atoms with Gasteiger partial charge in [-0.1, -0.05) is 48.9 Å². The third-order valence-corrected chi connectivity index (χ3v) is 6.70. The van der Waals surface area contributed by atoms with E-state index in [0.29, 0.717) is 13.1 Å². The molecular formula is C21H24ClFN4O3S2. The molecule has 0 atom stereocenters. The molecule has 0 amide bonds. The molecule has 2 N–H and O–H groups in total. The number of hydrogen-bond acceptors (Lipinski definition) is 7. The van der Waals surface area contributed by atoms with Gasteiger partial charge in [-0.2, -0.15) is 5.48 Å². The van der Waals surface area contributed by atoms with Crippen molar-refractivity contribution in [2.75, 3.05) is 24.4 Å². The summed E-state index contributed by atoms with van der Waals surface area (Å²) in [5.74, 6) is -0.868. The summed E-state index contributed by atoms with van der Waals surface area (Å²) in [4.78, 5) is 10.9. The molecule has 0 fully saturated rings. The molecular weight excluding hydrogens is 475 g/mol. The van der Waals surface area contributed by atoms with Gasteiger partial charge in [0, 0.05) is 31.1 Å². The minimum Gasteiger partial charge on any atom is -0.407 e. The van der Waals surface area contributed by atoms with Crippen molar-refractivity contribution in [2.45, 2.75) is 24.8 Å². The summed E-state index contributed by atoms with van der Waals surface area (Å²) in [5, 5.41) is 1.46. The van der Waals surface area contributed by atoms with Gasteiger partial charge in [-0.25, -0.2) is 17.8 Å². The van der Waals surface area contributed by atoms with E-state index in [9.17, 15) is 12.8 Å². The first kappa shape index (κ1) is 24.4. The number of anilines is 1. The first-order chi connectivity index (χ1) is 15.4. The number of aromatic nitrogens is 1. The van der Waals surface area contributed by atoms with Gasteiger partial charge < -0.3 is 4.84 Å². The van der Waals surface area contributed by atoms with E-state index in [4.69, 9.17) is 16.4 Å². The molecule has 0 radical (unpaired) electrons. The number of nitrogens with zero attached hydrogens (tertiary/aromatic N) is 2. The van der Waals surface area contributed by atoms with Crippen molar-refractivity contribution in [3.8, 4) is 5.75 Å². The Labute approximate surface area is 196 Å². The number of halogens is 2. The van der Waals surface area contributed by atoms with E-state index in [1.807, 2.05) is 18.2 Å². The van der Waals surface area contributed by atoms with Crippen molar-refractivity contribution in [1.29, 1.82) is 0 Å². The third kappa shape index (κ3) is 6.88. The van der Waals surface area contributed by atoms with Gasteiger partial charge in [-0.15, -0.1) is 11.3 Å². The lowest BCUT2D eigenvalue weighted by atomic mass is 10.2. The van der Waals surface area contributed by atoms with Crippen LogP contribution in [0.4, 0.5) is 10.2 Å². The second-order valence-corrected chi connectivity index (χ2v) is 9.73. The fourth-order valence-electron chi connectivity index (χ4n) is 3.01. The summed E-state index contributed by atoms with van der Waals surface area (Å²) in [7, 11) is -4.17. The Morgan fingerprint density at radius 2 is 2.00 bits per heavy atom. The van der Waals surface area contributed by atoms with Crippen LogP contribution in [0.3, 0.4) is 0 Å². The van der Waals surface area contributed by atoms with Gasteiger partial charge in [0.25, 0.3) is 10.0 Å². The van der Waals surface area contributed by atoms with Crippen LogP contribution in [0.1, 0.15) is 18.9 Å². The van der Waals surface area contributed by atoms with Crippen molar-refractivity contribution in [2.24, 2.45) is 0 Å². The highest BCUT2D eigenvalue weighted by Crippen LogP contribution is 2.30. The van der Waals surface area contributed by atoms with Crippen LogP contribution >= 0.6 is 22.9 Å². The number of hydroxylamine groups is 1. The Morgan fingerprint density at radius 1 is 1.22 bits per heavy atom. The van der Waals surface area contributed by atoms with Gasteiger partial charge in [0.15, 0.2) is 11.6 Å². The maximum absolute atomic E-state index is 14.5. The third-order valence-electron chi connectivity index (χ3n) is 4.45. The minimum atomic E-state index is -4.17. The standard InChI is InChI=1S/C21H24ClFN4O3S2/c1-2-9-27(13-16-6-4-3-5-7-16)10-8-25-30-19-12-18(23)20(11-17(19)22)32(28,29)26-21-14-31-15-24-21/h3-7,11-12,14-15,25-26H,2,8-10,13H2,1H3. The highest BCUT2D eigenvalue weighted by molar-refractivity contribution is 7.92. The molecule has 0 bridgehead atoms. The number of rotatable bonds is 12. The van der Waals surface area contributed by atoms with Crippen LogP contribution in [0.25, 0.3) is 0 Å². The summed E-state index contributed by atoms with van der Waals surface area (Å²) in [6.45, 7) is 5.02. The van der Waals surface area contributed by atoms with Crippen LogP contribution in [0.5, 0.6) is 5.75 Å². The summed E-state index contributed by atoms with van der Waals surface area (Å²) >= 11 is 7.35. The lowest BCUT2D eigenvalue weighted by Crippen LogP contribution is -2.33. The molecule has 1 aromatic heterocycles. The predicted octanol–water partition coefficient (Wildman–Crippen LogP) is 4.53. The largest absolute Gasteiger partial charge is 0.407 e. The first-order valence-corrected chi connectivity index (χ1v) is 12.8. The summed E-state index contributed by atoms with van der Waals surface area (Å²) in [6, 6.07) is 12.1. The number of benzene rings is 2.